The van der Waals surface area contributed by atoms with E-state index in [1.165, 1.54) is 4.80 Å². The van der Waals surface area contributed by atoms with Gasteiger partial charge in [0.05, 0.1) is 22.8 Å². The molecule has 3 aromatic rings. The van der Waals surface area contributed by atoms with Gasteiger partial charge in [0.2, 0.25) is 0 Å². The first-order chi connectivity index (χ1) is 12.6. The highest BCUT2D eigenvalue weighted by Gasteiger charge is 2.18. The first-order valence-electron chi connectivity index (χ1n) is 7.87. The number of aryl methyl sites for hydroxylation is 1. The fraction of sp³-hybridized carbons (Fsp3) is 0.111. The third kappa shape index (κ3) is 3.80. The van der Waals surface area contributed by atoms with Crippen molar-refractivity contribution in [2.45, 2.75) is 13.8 Å². The third-order valence-electron chi connectivity index (χ3n) is 3.65. The lowest BCUT2D eigenvalue weighted by Gasteiger charge is -2.05. The average Bonchev–Trinajstić information content (AvgIpc) is 3.04. The van der Waals surface area contributed by atoms with Crippen molar-refractivity contribution in [1.29, 1.82) is 0 Å². The molecule has 0 aliphatic carbocycles. The molecule has 1 aromatic heterocycles. The predicted octanol–water partition coefficient (Wildman–Crippen LogP) is 4.00. The monoisotopic (exact) mass is 412 g/mol. The van der Waals surface area contributed by atoms with Gasteiger partial charge in [0.15, 0.2) is 5.71 Å². The van der Waals surface area contributed by atoms with Gasteiger partial charge in [0.25, 0.3) is 0 Å². The standard InChI is InChI=1S/C18H17BrN6O/c1-12(20-21-16-11-7-6-10-15(16)19)18(24-26)17-13(2)22-25(23-17)14-8-4-3-5-9-14/h3-11,21,26H,1-2H3/b20-12+,24-18+. The van der Waals surface area contributed by atoms with Crippen LogP contribution < -0.4 is 5.43 Å². The van der Waals surface area contributed by atoms with Gasteiger partial charge in [-0.15, -0.1) is 5.10 Å². The fourth-order valence-corrected chi connectivity index (χ4v) is 2.69. The van der Waals surface area contributed by atoms with Crippen molar-refractivity contribution in [3.05, 3.63) is 70.5 Å². The highest BCUT2D eigenvalue weighted by Crippen LogP contribution is 2.21. The minimum atomic E-state index is 0.254. The van der Waals surface area contributed by atoms with Crippen molar-refractivity contribution < 1.29 is 5.21 Å². The smallest absolute Gasteiger partial charge is 0.155 e. The lowest BCUT2D eigenvalue weighted by molar-refractivity contribution is 0.320. The van der Waals surface area contributed by atoms with Gasteiger partial charge in [0, 0.05) is 4.47 Å². The van der Waals surface area contributed by atoms with Crippen LogP contribution in [0.5, 0.6) is 0 Å². The summed E-state index contributed by atoms with van der Waals surface area (Å²) in [5, 5.41) is 26.0. The highest BCUT2D eigenvalue weighted by atomic mass is 79.9. The molecule has 7 nitrogen and oxygen atoms in total. The third-order valence-corrected chi connectivity index (χ3v) is 4.35. The van der Waals surface area contributed by atoms with E-state index in [-0.39, 0.29) is 5.71 Å². The molecule has 3 rings (SSSR count). The van der Waals surface area contributed by atoms with E-state index in [4.69, 9.17) is 0 Å². The molecule has 0 aliphatic rings. The summed E-state index contributed by atoms with van der Waals surface area (Å²) in [6, 6.07) is 17.1. The van der Waals surface area contributed by atoms with E-state index in [0.29, 0.717) is 17.1 Å². The lowest BCUT2D eigenvalue weighted by atomic mass is 10.1. The van der Waals surface area contributed by atoms with E-state index < -0.39 is 0 Å². The summed E-state index contributed by atoms with van der Waals surface area (Å²) in [4.78, 5) is 1.50. The van der Waals surface area contributed by atoms with Gasteiger partial charge in [-0.2, -0.15) is 15.0 Å². The van der Waals surface area contributed by atoms with Crippen LogP contribution in [-0.2, 0) is 0 Å². The number of aromatic nitrogens is 3. The van der Waals surface area contributed by atoms with Crippen molar-refractivity contribution in [3.63, 3.8) is 0 Å². The van der Waals surface area contributed by atoms with Crippen LogP contribution in [0.2, 0.25) is 0 Å². The quantitative estimate of drug-likeness (QED) is 0.376. The molecular weight excluding hydrogens is 396 g/mol. The predicted molar refractivity (Wildman–Crippen MR) is 105 cm³/mol. The summed E-state index contributed by atoms with van der Waals surface area (Å²) in [6.07, 6.45) is 0. The van der Waals surface area contributed by atoms with Crippen molar-refractivity contribution in [2.75, 3.05) is 5.43 Å². The van der Waals surface area contributed by atoms with E-state index in [2.05, 4.69) is 41.8 Å². The van der Waals surface area contributed by atoms with Gasteiger partial charge in [0.1, 0.15) is 5.69 Å². The maximum absolute atomic E-state index is 9.50. The first-order valence-corrected chi connectivity index (χ1v) is 8.66. The van der Waals surface area contributed by atoms with Crippen LogP contribution >= 0.6 is 15.9 Å². The van der Waals surface area contributed by atoms with Gasteiger partial charge in [-0.05, 0) is 54.0 Å². The van der Waals surface area contributed by atoms with E-state index in [1.54, 1.807) is 13.8 Å². The Balaban J connectivity index is 1.88. The average molecular weight is 413 g/mol. The second-order valence-electron chi connectivity index (χ2n) is 5.50. The van der Waals surface area contributed by atoms with E-state index in [0.717, 1.165) is 15.8 Å². The largest absolute Gasteiger partial charge is 0.410 e. The fourth-order valence-electron chi connectivity index (χ4n) is 2.31. The molecule has 0 saturated carbocycles. The second-order valence-corrected chi connectivity index (χ2v) is 6.35. The zero-order chi connectivity index (χ0) is 18.5. The number of para-hydroxylation sites is 2. The summed E-state index contributed by atoms with van der Waals surface area (Å²) in [6.45, 7) is 3.54. The van der Waals surface area contributed by atoms with Gasteiger partial charge in [-0.3, -0.25) is 5.43 Å². The Morgan fingerprint density at radius 2 is 1.77 bits per heavy atom. The van der Waals surface area contributed by atoms with Gasteiger partial charge < -0.3 is 5.21 Å². The lowest BCUT2D eigenvalue weighted by Crippen LogP contribution is -2.16. The van der Waals surface area contributed by atoms with Crippen LogP contribution in [0.3, 0.4) is 0 Å². The number of hydrogen-bond donors (Lipinski definition) is 2. The Bertz CT molecular complexity index is 965. The van der Waals surface area contributed by atoms with E-state index in [9.17, 15) is 5.21 Å². The summed E-state index contributed by atoms with van der Waals surface area (Å²) in [5.41, 5.74) is 6.40. The number of oxime groups is 1. The Hall–Kier alpha value is -3.00. The number of benzene rings is 2. The maximum Gasteiger partial charge on any atom is 0.155 e. The van der Waals surface area contributed by atoms with Crippen molar-refractivity contribution in [1.82, 2.24) is 15.0 Å². The minimum Gasteiger partial charge on any atom is -0.410 e. The number of hydrazone groups is 1. The molecule has 0 bridgehead atoms. The first kappa shape index (κ1) is 17.8. The maximum atomic E-state index is 9.50. The molecule has 0 fully saturated rings. The van der Waals surface area contributed by atoms with Crippen LogP contribution in [0.15, 0.2) is 69.3 Å². The Kier molecular flexibility index (Phi) is 5.43. The summed E-state index contributed by atoms with van der Waals surface area (Å²) < 4.78 is 0.880. The van der Waals surface area contributed by atoms with Crippen molar-refractivity contribution >= 4 is 33.0 Å². The van der Waals surface area contributed by atoms with Crippen LogP contribution in [0, 0.1) is 6.92 Å². The second kappa shape index (κ2) is 7.92. The Morgan fingerprint density at radius 3 is 2.46 bits per heavy atom. The SMILES string of the molecule is CC(=N\Nc1ccccc1Br)/C(=N\O)c1nn(-c2ccccc2)nc1C. The van der Waals surface area contributed by atoms with Gasteiger partial charge >= 0.3 is 0 Å². The molecular formula is C18H17BrN6O. The van der Waals surface area contributed by atoms with E-state index >= 15 is 0 Å². The molecule has 0 saturated heterocycles. The van der Waals surface area contributed by atoms with E-state index in [1.807, 2.05) is 54.6 Å². The van der Waals surface area contributed by atoms with Crippen molar-refractivity contribution in [3.8, 4) is 5.69 Å². The van der Waals surface area contributed by atoms with Crippen LogP contribution in [0.4, 0.5) is 5.69 Å². The number of halogens is 1. The Morgan fingerprint density at radius 1 is 1.08 bits per heavy atom. The van der Waals surface area contributed by atoms with Gasteiger partial charge in [-0.25, -0.2) is 0 Å². The zero-order valence-electron chi connectivity index (χ0n) is 14.3. The molecule has 0 spiro atoms. The molecule has 2 aromatic carbocycles. The van der Waals surface area contributed by atoms with Gasteiger partial charge in [-0.1, -0.05) is 35.5 Å². The topological polar surface area (TPSA) is 87.7 Å². The molecule has 0 unspecified atom stereocenters. The molecule has 1 heterocycles. The number of anilines is 1. The number of hydrogen-bond acceptors (Lipinski definition) is 6. The van der Waals surface area contributed by atoms with Crippen LogP contribution in [0.1, 0.15) is 18.3 Å². The molecule has 132 valence electrons. The summed E-state index contributed by atoms with van der Waals surface area (Å²) in [7, 11) is 0. The zero-order valence-corrected chi connectivity index (χ0v) is 15.8. The minimum absolute atomic E-state index is 0.254. The summed E-state index contributed by atoms with van der Waals surface area (Å²) >= 11 is 3.45. The molecule has 8 heteroatoms. The molecule has 2 N–H and O–H groups in total. The summed E-state index contributed by atoms with van der Waals surface area (Å²) in [5.74, 6) is 0. The van der Waals surface area contributed by atoms with Crippen molar-refractivity contribution in [2.24, 2.45) is 10.3 Å². The highest BCUT2D eigenvalue weighted by molar-refractivity contribution is 9.10. The normalized spacial score (nSPS) is 12.3. The number of nitrogens with zero attached hydrogens (tertiary/aromatic N) is 5. The van der Waals surface area contributed by atoms with Crippen LogP contribution in [0.25, 0.3) is 5.69 Å². The molecule has 0 aliphatic heterocycles. The number of rotatable bonds is 5. The van der Waals surface area contributed by atoms with Crippen LogP contribution in [-0.4, -0.2) is 31.6 Å². The molecule has 26 heavy (non-hydrogen) atoms. The number of nitrogens with one attached hydrogen (secondary N) is 1. The Labute approximate surface area is 159 Å². The molecule has 0 radical (unpaired) electrons. The molecule has 0 amide bonds. The molecule has 0 atom stereocenters.